The molecule has 4 nitrogen and oxygen atoms in total. The van der Waals surface area contributed by atoms with Crippen LogP contribution in [0.2, 0.25) is 5.02 Å². The molecule has 1 aliphatic rings. The van der Waals surface area contributed by atoms with E-state index in [0.717, 1.165) is 27.3 Å². The van der Waals surface area contributed by atoms with Crippen molar-refractivity contribution in [2.24, 2.45) is 0 Å². The molecule has 0 unspecified atom stereocenters. The van der Waals surface area contributed by atoms with E-state index in [1.807, 2.05) is 26.0 Å². The first-order valence-corrected chi connectivity index (χ1v) is 10.0. The Labute approximate surface area is 150 Å². The van der Waals surface area contributed by atoms with Crippen molar-refractivity contribution in [3.8, 4) is 0 Å². The van der Waals surface area contributed by atoms with Crippen molar-refractivity contribution in [2.45, 2.75) is 23.6 Å². The average molecular weight is 382 g/mol. The van der Waals surface area contributed by atoms with E-state index in [0.29, 0.717) is 10.7 Å². The fourth-order valence-electron chi connectivity index (χ4n) is 2.30. The molecule has 2 aromatic carbocycles. The molecule has 0 atom stereocenters. The van der Waals surface area contributed by atoms with Gasteiger partial charge in [-0.1, -0.05) is 29.3 Å². The fourth-order valence-corrected chi connectivity index (χ4v) is 4.23. The molecule has 0 aliphatic carbocycles. The van der Waals surface area contributed by atoms with Gasteiger partial charge >= 0.3 is 10.1 Å². The number of fused-ring (bicyclic) bond motifs is 1. The average Bonchev–Trinajstić information content (AvgIpc) is 2.54. The summed E-state index contributed by atoms with van der Waals surface area (Å²) in [6.07, 6.45) is 0. The van der Waals surface area contributed by atoms with E-state index in [9.17, 15) is 8.42 Å². The van der Waals surface area contributed by atoms with E-state index in [2.05, 4.69) is 5.48 Å². The van der Waals surface area contributed by atoms with Crippen LogP contribution in [0.15, 0.2) is 57.8 Å². The molecule has 126 valence electrons. The van der Waals surface area contributed by atoms with Crippen LogP contribution in [0, 0.1) is 6.92 Å². The summed E-state index contributed by atoms with van der Waals surface area (Å²) in [5, 5.41) is 0.588. The second-order valence-corrected chi connectivity index (χ2v) is 8.54. The number of rotatable bonds is 4. The van der Waals surface area contributed by atoms with Crippen molar-refractivity contribution in [1.29, 1.82) is 0 Å². The molecule has 1 N–H and O–H groups in total. The Morgan fingerprint density at radius 1 is 1.12 bits per heavy atom. The zero-order valence-corrected chi connectivity index (χ0v) is 15.6. The van der Waals surface area contributed by atoms with E-state index >= 15 is 0 Å². The number of hydrogen-bond donors (Lipinski definition) is 1. The predicted octanol–water partition coefficient (Wildman–Crippen LogP) is 4.40. The number of hydroxylamine groups is 1. The molecule has 0 fully saturated rings. The predicted molar refractivity (Wildman–Crippen MR) is 97.4 cm³/mol. The molecule has 24 heavy (non-hydrogen) atoms. The van der Waals surface area contributed by atoms with Crippen LogP contribution < -0.4 is 5.48 Å². The molecule has 1 aliphatic heterocycles. The van der Waals surface area contributed by atoms with E-state index in [1.54, 1.807) is 30.0 Å². The van der Waals surface area contributed by atoms with Crippen LogP contribution in [0.25, 0.3) is 5.70 Å². The zero-order valence-electron chi connectivity index (χ0n) is 13.2. The molecule has 3 rings (SSSR count). The third-order valence-electron chi connectivity index (χ3n) is 3.64. The maximum absolute atomic E-state index is 12.3. The van der Waals surface area contributed by atoms with E-state index in [1.165, 1.54) is 12.1 Å². The Balaban J connectivity index is 1.86. The Hall–Kier alpha value is -1.47. The maximum Gasteiger partial charge on any atom is 0.317 e. The molecule has 0 saturated carbocycles. The molecule has 0 aromatic heterocycles. The Kier molecular flexibility index (Phi) is 4.92. The molecule has 0 amide bonds. The summed E-state index contributed by atoms with van der Waals surface area (Å²) >= 11 is 7.75. The third kappa shape index (κ3) is 3.62. The van der Waals surface area contributed by atoms with Gasteiger partial charge in [-0.15, -0.1) is 16.0 Å². The fraction of sp³-hybridized carbons (Fsp3) is 0.176. The van der Waals surface area contributed by atoms with Gasteiger partial charge in [0.1, 0.15) is 0 Å². The highest BCUT2D eigenvalue weighted by atomic mass is 35.5. The minimum atomic E-state index is -3.90. The molecular weight excluding hydrogens is 366 g/mol. The lowest BCUT2D eigenvalue weighted by Gasteiger charge is -2.22. The van der Waals surface area contributed by atoms with Crippen LogP contribution in [0.4, 0.5) is 0 Å². The molecule has 0 saturated heterocycles. The summed E-state index contributed by atoms with van der Waals surface area (Å²) in [5.41, 5.74) is 6.09. The number of aryl methyl sites for hydroxylation is 1. The van der Waals surface area contributed by atoms with Crippen molar-refractivity contribution in [3.05, 3.63) is 64.2 Å². The molecule has 1 heterocycles. The van der Waals surface area contributed by atoms with Crippen LogP contribution in [-0.2, 0) is 14.4 Å². The van der Waals surface area contributed by atoms with Gasteiger partial charge in [-0.25, -0.2) is 5.48 Å². The van der Waals surface area contributed by atoms with Gasteiger partial charge in [0, 0.05) is 21.2 Å². The van der Waals surface area contributed by atoms with Gasteiger partial charge in [0.05, 0.1) is 10.6 Å². The first kappa shape index (κ1) is 17.4. The molecule has 0 radical (unpaired) electrons. The van der Waals surface area contributed by atoms with Gasteiger partial charge in [0.25, 0.3) is 0 Å². The van der Waals surface area contributed by atoms with Crippen LogP contribution in [0.1, 0.15) is 18.1 Å². The van der Waals surface area contributed by atoms with Crippen LogP contribution in [0.5, 0.6) is 0 Å². The highest BCUT2D eigenvalue weighted by molar-refractivity contribution is 7.99. The number of hydrogen-bond acceptors (Lipinski definition) is 5. The van der Waals surface area contributed by atoms with Crippen molar-refractivity contribution < 1.29 is 12.7 Å². The van der Waals surface area contributed by atoms with Crippen molar-refractivity contribution in [2.75, 3.05) is 5.75 Å². The number of benzene rings is 2. The maximum atomic E-state index is 12.3. The normalized spacial score (nSPS) is 14.5. The minimum Gasteiger partial charge on any atom is -0.249 e. The van der Waals surface area contributed by atoms with Crippen LogP contribution in [0.3, 0.4) is 0 Å². The molecule has 2 aromatic rings. The van der Waals surface area contributed by atoms with Gasteiger partial charge in [0.15, 0.2) is 0 Å². The van der Waals surface area contributed by atoms with Crippen molar-refractivity contribution in [1.82, 2.24) is 5.48 Å². The summed E-state index contributed by atoms with van der Waals surface area (Å²) < 4.78 is 29.7. The summed E-state index contributed by atoms with van der Waals surface area (Å²) in [6.45, 7) is 3.82. The second-order valence-electron chi connectivity index (χ2n) is 5.54. The molecular formula is C17H16ClNO3S2. The lowest BCUT2D eigenvalue weighted by Crippen LogP contribution is -2.22. The highest BCUT2D eigenvalue weighted by Crippen LogP contribution is 2.37. The zero-order chi connectivity index (χ0) is 17.3. The SMILES string of the molecule is CC1=C(NOS(=O)(=O)c2ccc(C)cc2)c2cc(Cl)ccc2SC1. The van der Waals surface area contributed by atoms with E-state index < -0.39 is 10.1 Å². The monoisotopic (exact) mass is 381 g/mol. The molecule has 7 heteroatoms. The van der Waals surface area contributed by atoms with Gasteiger partial charge in [-0.3, -0.25) is 0 Å². The van der Waals surface area contributed by atoms with Gasteiger partial charge < -0.3 is 0 Å². The van der Waals surface area contributed by atoms with Crippen molar-refractivity contribution >= 4 is 39.2 Å². The Morgan fingerprint density at radius 3 is 2.54 bits per heavy atom. The van der Waals surface area contributed by atoms with Crippen LogP contribution in [-0.4, -0.2) is 14.2 Å². The molecule has 0 bridgehead atoms. The number of halogens is 1. The number of nitrogens with one attached hydrogen (secondary N) is 1. The van der Waals surface area contributed by atoms with E-state index in [4.69, 9.17) is 15.9 Å². The first-order chi connectivity index (χ1) is 11.4. The third-order valence-corrected chi connectivity index (χ3v) is 6.28. The van der Waals surface area contributed by atoms with Gasteiger partial charge in [0.2, 0.25) is 0 Å². The largest absolute Gasteiger partial charge is 0.317 e. The smallest absolute Gasteiger partial charge is 0.249 e. The first-order valence-electron chi connectivity index (χ1n) is 7.25. The lowest BCUT2D eigenvalue weighted by atomic mass is 10.1. The van der Waals surface area contributed by atoms with Crippen LogP contribution >= 0.6 is 23.4 Å². The number of thioether (sulfide) groups is 1. The summed E-state index contributed by atoms with van der Waals surface area (Å²) in [5.74, 6) is 0.755. The second kappa shape index (κ2) is 6.80. The minimum absolute atomic E-state index is 0.107. The van der Waals surface area contributed by atoms with Gasteiger partial charge in [-0.05, 0) is 49.8 Å². The highest BCUT2D eigenvalue weighted by Gasteiger charge is 2.21. The molecule has 0 spiro atoms. The summed E-state index contributed by atoms with van der Waals surface area (Å²) in [7, 11) is -3.90. The summed E-state index contributed by atoms with van der Waals surface area (Å²) in [4.78, 5) is 1.14. The Bertz CT molecular complexity index is 906. The van der Waals surface area contributed by atoms with Gasteiger partial charge in [-0.2, -0.15) is 8.42 Å². The summed E-state index contributed by atoms with van der Waals surface area (Å²) in [6, 6.07) is 12.0. The quantitative estimate of drug-likeness (QED) is 0.795. The van der Waals surface area contributed by atoms with Crippen molar-refractivity contribution in [3.63, 3.8) is 0 Å². The lowest BCUT2D eigenvalue weighted by molar-refractivity contribution is 0.258. The van der Waals surface area contributed by atoms with E-state index in [-0.39, 0.29) is 4.90 Å². The standard InChI is InChI=1S/C17H16ClNO3S2/c1-11-3-6-14(7-4-11)24(20,21)22-19-17-12(2)10-23-16-8-5-13(18)9-15(16)17/h3-9,19H,10H2,1-2H3. The topological polar surface area (TPSA) is 55.4 Å². The Morgan fingerprint density at radius 2 is 1.83 bits per heavy atom.